The number of carbonyl (C=O) groups is 1. The smallest absolute Gasteiger partial charge is 0.229 e. The summed E-state index contributed by atoms with van der Waals surface area (Å²) >= 11 is 0. The van der Waals surface area contributed by atoms with E-state index in [1.807, 2.05) is 42.2 Å². The van der Waals surface area contributed by atoms with Crippen molar-refractivity contribution in [3.05, 3.63) is 41.8 Å². The highest BCUT2D eigenvalue weighted by molar-refractivity contribution is 5.79. The topological polar surface area (TPSA) is 72.4 Å². The number of likely N-dealkylation sites (tertiary alicyclic amines) is 1. The van der Waals surface area contributed by atoms with Crippen molar-refractivity contribution < 1.29 is 9.21 Å². The first kappa shape index (κ1) is 16.7. The molecule has 1 fully saturated rings. The summed E-state index contributed by atoms with van der Waals surface area (Å²) in [6.45, 7) is 5.38. The maximum atomic E-state index is 12.7. The molecule has 1 aromatic carbocycles. The highest BCUT2D eigenvalue weighted by Gasteiger charge is 2.29. The predicted molar refractivity (Wildman–Crippen MR) is 93.3 cm³/mol. The zero-order valence-corrected chi connectivity index (χ0v) is 14.4. The van der Waals surface area contributed by atoms with Gasteiger partial charge in [-0.1, -0.05) is 25.1 Å². The number of oxazole rings is 1. The average molecular weight is 327 g/mol. The third-order valence-electron chi connectivity index (χ3n) is 4.80. The van der Waals surface area contributed by atoms with Gasteiger partial charge in [0.15, 0.2) is 0 Å². The number of hydrogen-bond acceptors (Lipinski definition) is 4. The van der Waals surface area contributed by atoms with Crippen LogP contribution in [0.4, 0.5) is 0 Å². The fourth-order valence-electron chi connectivity index (χ4n) is 3.34. The van der Waals surface area contributed by atoms with Crippen LogP contribution in [0.25, 0.3) is 11.5 Å². The van der Waals surface area contributed by atoms with Crippen molar-refractivity contribution in [3.8, 4) is 11.5 Å². The van der Waals surface area contributed by atoms with Crippen LogP contribution in [0.5, 0.6) is 0 Å². The van der Waals surface area contributed by atoms with Crippen LogP contribution in [-0.4, -0.2) is 34.9 Å². The van der Waals surface area contributed by atoms with Crippen molar-refractivity contribution in [3.63, 3.8) is 0 Å². The lowest BCUT2D eigenvalue weighted by Gasteiger charge is -2.38. The zero-order chi connectivity index (χ0) is 17.1. The summed E-state index contributed by atoms with van der Waals surface area (Å²) in [7, 11) is 0. The molecule has 5 nitrogen and oxygen atoms in total. The van der Waals surface area contributed by atoms with E-state index in [0.717, 1.165) is 24.9 Å². The highest BCUT2D eigenvalue weighted by atomic mass is 16.4. The standard InChI is InChI=1S/C19H25N3O2/c1-13-8-9-22(16(10-13)12-20)18(23)11-17-14(2)24-19(21-17)15-6-4-3-5-7-15/h3-7,13,16H,8-12,20H2,1-2H3. The number of amides is 1. The van der Waals surface area contributed by atoms with E-state index in [2.05, 4.69) is 11.9 Å². The Bertz CT molecular complexity index is 696. The molecule has 2 N–H and O–H groups in total. The fraction of sp³-hybridized carbons (Fsp3) is 0.474. The van der Waals surface area contributed by atoms with Crippen LogP contribution in [0.2, 0.25) is 0 Å². The lowest BCUT2D eigenvalue weighted by molar-refractivity contribution is -0.134. The third kappa shape index (κ3) is 3.51. The quantitative estimate of drug-likeness (QED) is 0.937. The average Bonchev–Trinajstić information content (AvgIpc) is 2.96. The minimum absolute atomic E-state index is 0.0911. The number of aromatic nitrogens is 1. The first-order chi connectivity index (χ1) is 11.6. The Labute approximate surface area is 142 Å². The van der Waals surface area contributed by atoms with Gasteiger partial charge in [-0.05, 0) is 37.8 Å². The van der Waals surface area contributed by atoms with Crippen LogP contribution in [0, 0.1) is 12.8 Å². The first-order valence-corrected chi connectivity index (χ1v) is 8.59. The number of benzene rings is 1. The largest absolute Gasteiger partial charge is 0.441 e. The molecule has 0 aliphatic carbocycles. The van der Waals surface area contributed by atoms with Gasteiger partial charge in [0.2, 0.25) is 11.8 Å². The summed E-state index contributed by atoms with van der Waals surface area (Å²) in [5.74, 6) is 1.99. The molecular weight excluding hydrogens is 302 g/mol. The molecule has 0 bridgehead atoms. The van der Waals surface area contributed by atoms with Gasteiger partial charge in [-0.2, -0.15) is 0 Å². The van der Waals surface area contributed by atoms with Gasteiger partial charge in [-0.25, -0.2) is 4.98 Å². The number of aryl methyl sites for hydroxylation is 1. The summed E-state index contributed by atoms with van der Waals surface area (Å²) in [5, 5.41) is 0. The molecule has 0 radical (unpaired) electrons. The fourth-order valence-corrected chi connectivity index (χ4v) is 3.34. The number of rotatable bonds is 4. The van der Waals surface area contributed by atoms with Crippen molar-refractivity contribution >= 4 is 5.91 Å². The van der Waals surface area contributed by atoms with E-state index in [1.54, 1.807) is 0 Å². The Kier molecular flexibility index (Phi) is 5.00. The monoisotopic (exact) mass is 327 g/mol. The summed E-state index contributed by atoms with van der Waals surface area (Å²) < 4.78 is 5.75. The lowest BCUT2D eigenvalue weighted by Crippen LogP contribution is -2.49. The molecule has 1 aliphatic heterocycles. The minimum atomic E-state index is 0.0911. The Morgan fingerprint density at radius 2 is 2.12 bits per heavy atom. The number of nitrogens with two attached hydrogens (primary N) is 1. The number of piperidine rings is 1. The van der Waals surface area contributed by atoms with Gasteiger partial charge in [0.1, 0.15) is 5.76 Å². The van der Waals surface area contributed by atoms with E-state index < -0.39 is 0 Å². The number of hydrogen-bond donors (Lipinski definition) is 1. The summed E-state index contributed by atoms with van der Waals surface area (Å²) in [6.07, 6.45) is 2.29. The van der Waals surface area contributed by atoms with Crippen LogP contribution < -0.4 is 5.73 Å². The van der Waals surface area contributed by atoms with E-state index in [0.29, 0.717) is 29.8 Å². The van der Waals surface area contributed by atoms with Crippen LogP contribution in [0.3, 0.4) is 0 Å². The van der Waals surface area contributed by atoms with E-state index >= 15 is 0 Å². The summed E-state index contributed by atoms with van der Waals surface area (Å²) in [5.41, 5.74) is 7.51. The molecule has 0 saturated carbocycles. The van der Waals surface area contributed by atoms with Gasteiger partial charge < -0.3 is 15.1 Å². The molecule has 1 amide bonds. The summed E-state index contributed by atoms with van der Waals surface area (Å²) in [6, 6.07) is 9.89. The molecule has 128 valence electrons. The molecule has 1 aromatic heterocycles. The van der Waals surface area contributed by atoms with Crippen molar-refractivity contribution in [1.82, 2.24) is 9.88 Å². The predicted octanol–water partition coefficient (Wildman–Crippen LogP) is 2.78. The van der Waals surface area contributed by atoms with Gasteiger partial charge in [0.25, 0.3) is 0 Å². The molecule has 24 heavy (non-hydrogen) atoms. The van der Waals surface area contributed by atoms with Crippen molar-refractivity contribution in [1.29, 1.82) is 0 Å². The van der Waals surface area contributed by atoms with Crippen molar-refractivity contribution in [2.45, 2.75) is 39.2 Å². The van der Waals surface area contributed by atoms with Crippen LogP contribution in [-0.2, 0) is 11.2 Å². The van der Waals surface area contributed by atoms with Gasteiger partial charge in [-0.15, -0.1) is 0 Å². The SMILES string of the molecule is Cc1oc(-c2ccccc2)nc1CC(=O)N1CCC(C)CC1CN. The maximum absolute atomic E-state index is 12.7. The van der Waals surface area contributed by atoms with E-state index in [9.17, 15) is 4.79 Å². The molecule has 2 aromatic rings. The second-order valence-corrected chi connectivity index (χ2v) is 6.67. The number of nitrogens with zero attached hydrogens (tertiary/aromatic N) is 2. The Balaban J connectivity index is 1.74. The molecular formula is C19H25N3O2. The third-order valence-corrected chi connectivity index (χ3v) is 4.80. The van der Waals surface area contributed by atoms with Crippen molar-refractivity contribution in [2.75, 3.05) is 13.1 Å². The molecule has 0 spiro atoms. The highest BCUT2D eigenvalue weighted by Crippen LogP contribution is 2.25. The van der Waals surface area contributed by atoms with Crippen LogP contribution in [0.1, 0.15) is 31.2 Å². The summed E-state index contributed by atoms with van der Waals surface area (Å²) in [4.78, 5) is 19.2. The molecule has 1 aliphatic rings. The molecule has 1 saturated heterocycles. The second kappa shape index (κ2) is 7.18. The zero-order valence-electron chi connectivity index (χ0n) is 14.4. The molecule has 2 atom stereocenters. The second-order valence-electron chi connectivity index (χ2n) is 6.67. The Morgan fingerprint density at radius 3 is 2.83 bits per heavy atom. The Morgan fingerprint density at radius 1 is 1.38 bits per heavy atom. The molecule has 2 heterocycles. The van der Waals surface area contributed by atoms with E-state index in [-0.39, 0.29) is 18.4 Å². The lowest BCUT2D eigenvalue weighted by atomic mass is 9.92. The normalized spacial score (nSPS) is 21.0. The van der Waals surface area contributed by atoms with Crippen LogP contribution in [0.15, 0.2) is 34.7 Å². The molecule has 5 heteroatoms. The first-order valence-electron chi connectivity index (χ1n) is 8.59. The van der Waals surface area contributed by atoms with Gasteiger partial charge in [0.05, 0.1) is 12.1 Å². The molecule has 2 unspecified atom stereocenters. The molecule has 3 rings (SSSR count). The van der Waals surface area contributed by atoms with Gasteiger partial charge >= 0.3 is 0 Å². The Hall–Kier alpha value is -2.14. The van der Waals surface area contributed by atoms with E-state index in [4.69, 9.17) is 10.2 Å². The van der Waals surface area contributed by atoms with Crippen LogP contribution >= 0.6 is 0 Å². The van der Waals surface area contributed by atoms with Gasteiger partial charge in [0, 0.05) is 24.7 Å². The van der Waals surface area contributed by atoms with Crippen molar-refractivity contribution in [2.24, 2.45) is 11.7 Å². The number of carbonyl (C=O) groups excluding carboxylic acids is 1. The minimum Gasteiger partial charge on any atom is -0.441 e. The maximum Gasteiger partial charge on any atom is 0.229 e. The van der Waals surface area contributed by atoms with Gasteiger partial charge in [-0.3, -0.25) is 4.79 Å². The van der Waals surface area contributed by atoms with E-state index in [1.165, 1.54) is 0 Å².